The molecule has 0 bridgehead atoms. The number of rotatable bonds is 5. The highest BCUT2D eigenvalue weighted by atomic mass is 79.9. The van der Waals surface area contributed by atoms with Gasteiger partial charge in [-0.1, -0.05) is 5.16 Å². The average molecular weight is 506 g/mol. The Balaban J connectivity index is 1.81. The van der Waals surface area contributed by atoms with Crippen LogP contribution in [-0.2, 0) is 9.63 Å². The van der Waals surface area contributed by atoms with Gasteiger partial charge in [0.25, 0.3) is 0 Å². The van der Waals surface area contributed by atoms with Gasteiger partial charge in [-0.15, -0.1) is 0 Å². The van der Waals surface area contributed by atoms with E-state index < -0.39 is 23.7 Å². The number of halogens is 1. The first-order chi connectivity index (χ1) is 15.5. The Kier molecular flexibility index (Phi) is 5.04. The van der Waals surface area contributed by atoms with Crippen LogP contribution in [0.5, 0.6) is 28.7 Å². The molecule has 2 aliphatic heterocycles. The summed E-state index contributed by atoms with van der Waals surface area (Å²) in [5, 5.41) is 14.5. The van der Waals surface area contributed by atoms with Crippen LogP contribution in [0.15, 0.2) is 27.8 Å². The van der Waals surface area contributed by atoms with Crippen LogP contribution in [0.2, 0.25) is 0 Å². The zero-order valence-electron chi connectivity index (χ0n) is 17.5. The normalized spacial score (nSPS) is 22.4. The molecule has 0 saturated carbocycles. The molecule has 9 nitrogen and oxygen atoms in total. The van der Waals surface area contributed by atoms with Crippen LogP contribution in [0.4, 0.5) is 0 Å². The SMILES string of the molecule is COc1cc([C@@H]2c3cc4c(cc3C3=NOC[C@H]3[C@@H]2C(=O)O)OCO4)c(Br)c(OC)c1OC. The van der Waals surface area contributed by atoms with Gasteiger partial charge < -0.3 is 33.6 Å². The molecule has 0 spiro atoms. The lowest BCUT2D eigenvalue weighted by Gasteiger charge is -2.36. The molecule has 0 fully saturated rings. The molecule has 3 aliphatic rings. The van der Waals surface area contributed by atoms with Crippen molar-refractivity contribution in [2.75, 3.05) is 34.7 Å². The van der Waals surface area contributed by atoms with Gasteiger partial charge in [0.05, 0.1) is 43.3 Å². The highest BCUT2D eigenvalue weighted by Gasteiger charge is 2.50. The van der Waals surface area contributed by atoms with Gasteiger partial charge in [-0.2, -0.15) is 0 Å². The Morgan fingerprint density at radius 2 is 1.78 bits per heavy atom. The Morgan fingerprint density at radius 3 is 2.44 bits per heavy atom. The van der Waals surface area contributed by atoms with E-state index in [-0.39, 0.29) is 13.4 Å². The van der Waals surface area contributed by atoms with Crippen molar-refractivity contribution in [3.8, 4) is 28.7 Å². The number of hydrogen-bond acceptors (Lipinski definition) is 8. The number of fused-ring (bicyclic) bond motifs is 4. The Labute approximate surface area is 191 Å². The monoisotopic (exact) mass is 505 g/mol. The lowest BCUT2D eigenvalue weighted by atomic mass is 9.66. The van der Waals surface area contributed by atoms with Crippen molar-refractivity contribution in [2.24, 2.45) is 17.0 Å². The molecule has 0 saturated heterocycles. The first-order valence-corrected chi connectivity index (χ1v) is 10.6. The maximum Gasteiger partial charge on any atom is 0.308 e. The molecule has 3 atom stereocenters. The highest BCUT2D eigenvalue weighted by Crippen LogP contribution is 2.54. The summed E-state index contributed by atoms with van der Waals surface area (Å²) in [5.74, 6) is -0.419. The summed E-state index contributed by atoms with van der Waals surface area (Å²) in [4.78, 5) is 18.0. The van der Waals surface area contributed by atoms with E-state index in [2.05, 4.69) is 21.1 Å². The van der Waals surface area contributed by atoms with Gasteiger partial charge in [-0.05, 0) is 45.3 Å². The number of nitrogens with zero attached hydrogens (tertiary/aromatic N) is 1. The minimum Gasteiger partial charge on any atom is -0.493 e. The minimum absolute atomic E-state index is 0.103. The van der Waals surface area contributed by atoms with Crippen LogP contribution in [0.3, 0.4) is 0 Å². The maximum atomic E-state index is 12.6. The first kappa shape index (κ1) is 20.7. The number of carboxylic acid groups (broad SMARTS) is 1. The molecule has 168 valence electrons. The molecule has 0 amide bonds. The molecule has 0 radical (unpaired) electrons. The van der Waals surface area contributed by atoms with Crippen LogP contribution >= 0.6 is 15.9 Å². The molecule has 1 N–H and O–H groups in total. The predicted molar refractivity (Wildman–Crippen MR) is 115 cm³/mol. The second-order valence-corrected chi connectivity index (χ2v) is 8.35. The summed E-state index contributed by atoms with van der Waals surface area (Å²) in [5.41, 5.74) is 2.81. The molecule has 2 aromatic rings. The van der Waals surface area contributed by atoms with Gasteiger partial charge in [0.2, 0.25) is 12.5 Å². The van der Waals surface area contributed by atoms with Crippen molar-refractivity contribution in [1.29, 1.82) is 0 Å². The van der Waals surface area contributed by atoms with E-state index in [4.69, 9.17) is 28.5 Å². The second kappa shape index (κ2) is 7.77. The molecule has 2 heterocycles. The number of aliphatic carboxylic acids is 1. The van der Waals surface area contributed by atoms with Crippen molar-refractivity contribution < 1.29 is 38.4 Å². The third kappa shape index (κ3) is 2.89. The van der Waals surface area contributed by atoms with Crippen molar-refractivity contribution in [3.05, 3.63) is 39.4 Å². The van der Waals surface area contributed by atoms with Gasteiger partial charge in [-0.25, -0.2) is 0 Å². The van der Waals surface area contributed by atoms with Crippen LogP contribution in [0.25, 0.3) is 0 Å². The fraction of sp³-hybridized carbons (Fsp3) is 0.364. The third-order valence-corrected chi connectivity index (χ3v) is 6.95. The molecule has 10 heteroatoms. The van der Waals surface area contributed by atoms with Crippen LogP contribution in [0, 0.1) is 11.8 Å². The van der Waals surface area contributed by atoms with Crippen LogP contribution in [0.1, 0.15) is 22.6 Å². The Morgan fingerprint density at radius 1 is 1.06 bits per heavy atom. The molecule has 32 heavy (non-hydrogen) atoms. The van der Waals surface area contributed by atoms with Crippen molar-refractivity contribution in [3.63, 3.8) is 0 Å². The smallest absolute Gasteiger partial charge is 0.308 e. The van der Waals surface area contributed by atoms with E-state index in [0.29, 0.717) is 44.5 Å². The largest absolute Gasteiger partial charge is 0.493 e. The highest BCUT2D eigenvalue weighted by molar-refractivity contribution is 9.10. The standard InChI is InChI=1S/C22H20BrNO8/c1-27-15-6-11(18(23)21(29-3)20(15)28-2)16-9-4-13-14(31-8-30-13)5-10(9)19-12(7-32-24-19)17(16)22(25)26/h4-6,12,16-17H,7-8H2,1-3H3,(H,25,26)/t12-,16-,17-/m0/s1. The van der Waals surface area contributed by atoms with Gasteiger partial charge >= 0.3 is 5.97 Å². The number of carbonyl (C=O) groups is 1. The first-order valence-electron chi connectivity index (χ1n) is 9.85. The summed E-state index contributed by atoms with van der Waals surface area (Å²) in [6.45, 7) is 0.282. The quantitative estimate of drug-likeness (QED) is 0.658. The van der Waals surface area contributed by atoms with Gasteiger partial charge in [0, 0.05) is 11.5 Å². The number of carboxylic acids is 1. The molecular formula is C22H20BrNO8. The molecule has 0 aromatic heterocycles. The van der Waals surface area contributed by atoms with Gasteiger partial charge in [0.1, 0.15) is 6.61 Å². The lowest BCUT2D eigenvalue weighted by molar-refractivity contribution is -0.143. The fourth-order valence-electron chi connectivity index (χ4n) is 4.76. The van der Waals surface area contributed by atoms with E-state index in [1.165, 1.54) is 21.3 Å². The van der Waals surface area contributed by atoms with Crippen LogP contribution < -0.4 is 23.7 Å². The van der Waals surface area contributed by atoms with Gasteiger partial charge in [-0.3, -0.25) is 4.79 Å². The van der Waals surface area contributed by atoms with E-state index >= 15 is 0 Å². The zero-order chi connectivity index (χ0) is 22.6. The number of ether oxygens (including phenoxy) is 5. The Hall–Kier alpha value is -3.14. The molecule has 0 unspecified atom stereocenters. The molecular weight excluding hydrogens is 486 g/mol. The van der Waals surface area contributed by atoms with E-state index in [9.17, 15) is 9.90 Å². The minimum atomic E-state index is -0.956. The number of methoxy groups -OCH3 is 3. The summed E-state index contributed by atoms with van der Waals surface area (Å²) < 4.78 is 28.3. The van der Waals surface area contributed by atoms with Crippen LogP contribution in [-0.4, -0.2) is 51.5 Å². The summed E-state index contributed by atoms with van der Waals surface area (Å²) >= 11 is 3.62. The number of oxime groups is 1. The summed E-state index contributed by atoms with van der Waals surface area (Å²) in [6.07, 6.45) is 0. The van der Waals surface area contributed by atoms with E-state index in [1.807, 2.05) is 12.1 Å². The fourth-order valence-corrected chi connectivity index (χ4v) is 5.46. The topological polar surface area (TPSA) is 105 Å². The number of benzene rings is 2. The number of hydrogen-bond donors (Lipinski definition) is 1. The van der Waals surface area contributed by atoms with E-state index in [1.54, 1.807) is 6.07 Å². The van der Waals surface area contributed by atoms with Crippen molar-refractivity contribution in [2.45, 2.75) is 5.92 Å². The predicted octanol–water partition coefficient (Wildman–Crippen LogP) is 3.40. The molecule has 1 aliphatic carbocycles. The maximum absolute atomic E-state index is 12.6. The third-order valence-electron chi connectivity index (χ3n) is 6.13. The van der Waals surface area contributed by atoms with Crippen molar-refractivity contribution in [1.82, 2.24) is 0 Å². The van der Waals surface area contributed by atoms with E-state index in [0.717, 1.165) is 11.1 Å². The van der Waals surface area contributed by atoms with Gasteiger partial charge in [0.15, 0.2) is 23.0 Å². The summed E-state index contributed by atoms with van der Waals surface area (Å²) in [7, 11) is 4.55. The molecule has 5 rings (SSSR count). The average Bonchev–Trinajstić information content (AvgIpc) is 3.45. The second-order valence-electron chi connectivity index (χ2n) is 7.56. The lowest BCUT2D eigenvalue weighted by Crippen LogP contribution is -2.40. The van der Waals surface area contributed by atoms with Crippen molar-refractivity contribution >= 4 is 27.6 Å². The molecule has 2 aromatic carbocycles. The Bertz CT molecular complexity index is 1150. The zero-order valence-corrected chi connectivity index (χ0v) is 19.1. The summed E-state index contributed by atoms with van der Waals surface area (Å²) in [6, 6.07) is 5.44.